The molecule has 0 radical (unpaired) electrons. The summed E-state index contributed by atoms with van der Waals surface area (Å²) in [5.74, 6) is 12.5. The maximum atomic E-state index is 3.62. The molecule has 0 aromatic heterocycles. The van der Waals surface area contributed by atoms with Crippen molar-refractivity contribution in [3.63, 3.8) is 0 Å². The first kappa shape index (κ1) is 18.8. The molecule has 4 aliphatic carbocycles. The van der Waals surface area contributed by atoms with Crippen LogP contribution in [0.4, 0.5) is 0 Å². The molecule has 4 bridgehead atoms. The Kier molecular flexibility index (Phi) is 4.90. The van der Waals surface area contributed by atoms with Gasteiger partial charge < -0.3 is 5.32 Å². The minimum atomic E-state index is -0.447. The quantitative estimate of drug-likeness (QED) is 0.419. The van der Waals surface area contributed by atoms with Gasteiger partial charge in [-0.15, -0.1) is 9.24 Å². The second-order valence-corrected chi connectivity index (χ2v) is 10.2. The van der Waals surface area contributed by atoms with Crippen LogP contribution in [0.25, 0.3) is 0 Å². The van der Waals surface area contributed by atoms with Crippen LogP contribution in [0.5, 0.6) is 0 Å². The van der Waals surface area contributed by atoms with Crippen molar-refractivity contribution in [2.75, 3.05) is 0 Å². The molecule has 4 aliphatic rings. The topological polar surface area (TPSA) is 12.0 Å². The Labute approximate surface area is 177 Å². The highest BCUT2D eigenvalue weighted by Gasteiger charge is 2.50. The molecule has 0 saturated heterocycles. The fraction of sp³-hybridized carbons (Fsp3) is 0.407. The molecule has 2 heteroatoms. The van der Waals surface area contributed by atoms with Crippen LogP contribution in [-0.4, -0.2) is 5.54 Å². The van der Waals surface area contributed by atoms with Crippen molar-refractivity contribution in [3.05, 3.63) is 71.8 Å². The van der Waals surface area contributed by atoms with Gasteiger partial charge in [-0.3, -0.25) is 0 Å². The van der Waals surface area contributed by atoms with Gasteiger partial charge in [-0.2, -0.15) is 0 Å². The van der Waals surface area contributed by atoms with Gasteiger partial charge in [-0.05, 0) is 73.3 Å². The molecular weight excluding hydrogens is 369 g/mol. The highest BCUT2D eigenvalue weighted by atomic mass is 31.0. The summed E-state index contributed by atoms with van der Waals surface area (Å²) in [6, 6.07) is 24.1. The summed E-state index contributed by atoms with van der Waals surface area (Å²) in [6.45, 7) is 0. The van der Waals surface area contributed by atoms with Gasteiger partial charge in [0.25, 0.3) is 0 Å². The summed E-state index contributed by atoms with van der Waals surface area (Å²) >= 11 is 0. The van der Waals surface area contributed by atoms with Crippen molar-refractivity contribution in [1.29, 1.82) is 0 Å². The molecule has 0 amide bonds. The summed E-state index contributed by atoms with van der Waals surface area (Å²) in [5.41, 5.74) is 2.60. The van der Waals surface area contributed by atoms with Gasteiger partial charge >= 0.3 is 0 Å². The third kappa shape index (κ3) is 3.70. The second kappa shape index (κ2) is 7.56. The standard InChI is InChI=1S/C27H28NP/c29-27(24-9-3-1-4-10-24,25-11-5-2-6-12-25)13-7-8-14-28-26-18-21-15-22(19-26)17-23(16-21)20-26/h1-6,9-12,21-23,28H,15-20,29H2. The molecule has 1 N–H and O–H groups in total. The van der Waals surface area contributed by atoms with E-state index < -0.39 is 5.16 Å². The van der Waals surface area contributed by atoms with E-state index in [2.05, 4.69) is 86.9 Å². The summed E-state index contributed by atoms with van der Waals surface area (Å²) in [6.07, 6.45) is 8.29. The first-order valence-electron chi connectivity index (χ1n) is 10.8. The Bertz CT molecular complexity index is 912. The van der Waals surface area contributed by atoms with E-state index in [1.54, 1.807) is 0 Å². The second-order valence-electron chi connectivity index (χ2n) is 9.36. The zero-order valence-electron chi connectivity index (χ0n) is 16.8. The molecule has 6 rings (SSSR count). The fourth-order valence-electron chi connectivity index (χ4n) is 6.30. The first-order valence-corrected chi connectivity index (χ1v) is 11.4. The SMILES string of the molecule is PC(C#CC#CNC12CC3CC(CC(C3)C1)C2)(c1ccccc1)c1ccccc1. The van der Waals surface area contributed by atoms with Gasteiger partial charge in [0.05, 0.1) is 5.16 Å². The zero-order chi connectivity index (χ0) is 19.7. The lowest BCUT2D eigenvalue weighted by Gasteiger charge is -2.56. The Morgan fingerprint density at radius 3 is 1.72 bits per heavy atom. The Hall–Kier alpha value is -2.21. The van der Waals surface area contributed by atoms with Crippen LogP contribution in [0, 0.1) is 41.6 Å². The Morgan fingerprint density at radius 1 is 0.759 bits per heavy atom. The number of nitrogens with one attached hydrogen (secondary N) is 1. The lowest BCUT2D eigenvalue weighted by molar-refractivity contribution is -0.0115. The maximum absolute atomic E-state index is 3.62. The van der Waals surface area contributed by atoms with Crippen LogP contribution in [0.1, 0.15) is 49.7 Å². The summed E-state index contributed by atoms with van der Waals surface area (Å²) in [7, 11) is 2.96. The van der Waals surface area contributed by atoms with Gasteiger partial charge in [0, 0.05) is 17.5 Å². The summed E-state index contributed by atoms with van der Waals surface area (Å²) < 4.78 is 0. The molecular formula is C27H28NP. The number of rotatable bonds is 3. The van der Waals surface area contributed by atoms with E-state index in [0.717, 1.165) is 17.8 Å². The van der Waals surface area contributed by atoms with Gasteiger partial charge in [-0.25, -0.2) is 0 Å². The van der Waals surface area contributed by atoms with Crippen molar-refractivity contribution in [1.82, 2.24) is 5.32 Å². The van der Waals surface area contributed by atoms with E-state index in [9.17, 15) is 0 Å². The minimum Gasteiger partial charge on any atom is -0.339 e. The van der Waals surface area contributed by atoms with Crippen LogP contribution in [0.2, 0.25) is 0 Å². The van der Waals surface area contributed by atoms with Crippen molar-refractivity contribution in [3.8, 4) is 23.8 Å². The third-order valence-electron chi connectivity index (χ3n) is 7.21. The first-order chi connectivity index (χ1) is 14.2. The predicted molar refractivity (Wildman–Crippen MR) is 123 cm³/mol. The molecule has 1 unspecified atom stereocenters. The molecule has 4 saturated carbocycles. The van der Waals surface area contributed by atoms with E-state index in [4.69, 9.17) is 0 Å². The summed E-state index contributed by atoms with van der Waals surface area (Å²) in [4.78, 5) is 0. The van der Waals surface area contributed by atoms with Crippen LogP contribution in [-0.2, 0) is 5.16 Å². The lowest BCUT2D eigenvalue weighted by atomic mass is 9.53. The number of hydrogen-bond donors (Lipinski definition) is 1. The molecule has 2 aromatic rings. The smallest absolute Gasteiger partial charge is 0.0956 e. The minimum absolute atomic E-state index is 0.264. The van der Waals surface area contributed by atoms with E-state index in [1.807, 2.05) is 12.1 Å². The molecule has 0 spiro atoms. The monoisotopic (exact) mass is 397 g/mol. The van der Waals surface area contributed by atoms with E-state index >= 15 is 0 Å². The molecule has 146 valence electrons. The third-order valence-corrected chi connectivity index (χ3v) is 8.02. The maximum Gasteiger partial charge on any atom is 0.0956 e. The highest BCUT2D eigenvalue weighted by Crippen LogP contribution is 2.55. The molecule has 0 aliphatic heterocycles. The predicted octanol–water partition coefficient (Wildman–Crippen LogP) is 5.33. The average Bonchev–Trinajstić information content (AvgIpc) is 2.73. The van der Waals surface area contributed by atoms with E-state index in [0.29, 0.717) is 0 Å². The van der Waals surface area contributed by atoms with Crippen molar-refractivity contribution >= 4 is 9.24 Å². The lowest BCUT2D eigenvalue weighted by Crippen LogP contribution is -2.57. The van der Waals surface area contributed by atoms with Crippen LogP contribution < -0.4 is 5.32 Å². The van der Waals surface area contributed by atoms with E-state index in [-0.39, 0.29) is 5.54 Å². The van der Waals surface area contributed by atoms with Gasteiger partial charge in [0.1, 0.15) is 0 Å². The normalized spacial score (nSPS) is 29.3. The fourth-order valence-corrected chi connectivity index (χ4v) is 6.76. The molecule has 1 nitrogen and oxygen atoms in total. The highest BCUT2D eigenvalue weighted by molar-refractivity contribution is 7.19. The zero-order valence-corrected chi connectivity index (χ0v) is 18.0. The van der Waals surface area contributed by atoms with Crippen LogP contribution >= 0.6 is 9.24 Å². The molecule has 4 fully saturated rings. The van der Waals surface area contributed by atoms with Crippen LogP contribution in [0.3, 0.4) is 0 Å². The number of hydrogen-bond acceptors (Lipinski definition) is 1. The Balaban J connectivity index is 1.37. The average molecular weight is 398 g/mol. The van der Waals surface area contributed by atoms with Gasteiger partial charge in [0.15, 0.2) is 0 Å². The van der Waals surface area contributed by atoms with Crippen molar-refractivity contribution in [2.24, 2.45) is 17.8 Å². The van der Waals surface area contributed by atoms with Crippen LogP contribution in [0.15, 0.2) is 60.7 Å². The number of benzene rings is 2. The largest absolute Gasteiger partial charge is 0.339 e. The van der Waals surface area contributed by atoms with E-state index in [1.165, 1.54) is 49.7 Å². The van der Waals surface area contributed by atoms with Crippen molar-refractivity contribution < 1.29 is 0 Å². The molecule has 2 aromatic carbocycles. The molecule has 0 heterocycles. The van der Waals surface area contributed by atoms with Gasteiger partial charge in [0.2, 0.25) is 0 Å². The Morgan fingerprint density at radius 2 is 1.24 bits per heavy atom. The van der Waals surface area contributed by atoms with Gasteiger partial charge in [-0.1, -0.05) is 66.6 Å². The summed E-state index contributed by atoms with van der Waals surface area (Å²) in [5, 5.41) is 3.18. The molecule has 1 atom stereocenters. The molecule has 29 heavy (non-hydrogen) atoms. The van der Waals surface area contributed by atoms with Crippen molar-refractivity contribution in [2.45, 2.75) is 49.2 Å².